The summed E-state index contributed by atoms with van der Waals surface area (Å²) >= 11 is 0. The Hall–Kier alpha value is -2.49. The van der Waals surface area contributed by atoms with Gasteiger partial charge < -0.3 is 14.8 Å². The van der Waals surface area contributed by atoms with E-state index < -0.39 is 6.10 Å². The van der Waals surface area contributed by atoms with Gasteiger partial charge in [-0.3, -0.25) is 4.79 Å². The summed E-state index contributed by atoms with van der Waals surface area (Å²) in [5.41, 5.74) is 2.09. The van der Waals surface area contributed by atoms with Gasteiger partial charge in [-0.15, -0.1) is 0 Å². The predicted molar refractivity (Wildman–Crippen MR) is 90.8 cm³/mol. The summed E-state index contributed by atoms with van der Waals surface area (Å²) in [6.07, 6.45) is -0.574. The van der Waals surface area contributed by atoms with Crippen LogP contribution in [0.1, 0.15) is 31.0 Å². The van der Waals surface area contributed by atoms with E-state index in [4.69, 9.17) is 9.47 Å². The van der Waals surface area contributed by atoms with Gasteiger partial charge in [-0.05, 0) is 39.0 Å². The van der Waals surface area contributed by atoms with Crippen molar-refractivity contribution >= 4 is 5.91 Å². The van der Waals surface area contributed by atoms with E-state index in [1.807, 2.05) is 62.4 Å². The molecule has 0 fully saturated rings. The summed E-state index contributed by atoms with van der Waals surface area (Å²) in [5, 5.41) is 2.96. The van der Waals surface area contributed by atoms with E-state index >= 15 is 0 Å². The van der Waals surface area contributed by atoms with Gasteiger partial charge in [-0.1, -0.05) is 35.9 Å². The van der Waals surface area contributed by atoms with Crippen molar-refractivity contribution in [2.75, 3.05) is 7.11 Å². The Bertz CT molecular complexity index is 652. The lowest BCUT2D eigenvalue weighted by Gasteiger charge is -2.20. The SMILES string of the molecule is COc1ccccc1[C@@H](C)NC(=O)[C@H](C)Oc1ccc(C)cc1. The number of nitrogens with one attached hydrogen (secondary N) is 1. The van der Waals surface area contributed by atoms with Crippen molar-refractivity contribution in [1.29, 1.82) is 0 Å². The molecule has 0 spiro atoms. The second-order valence-corrected chi connectivity index (χ2v) is 5.55. The van der Waals surface area contributed by atoms with Crippen molar-refractivity contribution in [3.05, 3.63) is 59.7 Å². The van der Waals surface area contributed by atoms with Crippen LogP contribution in [0.15, 0.2) is 48.5 Å². The minimum atomic E-state index is -0.574. The molecule has 0 aromatic heterocycles. The van der Waals surface area contributed by atoms with Gasteiger partial charge in [-0.2, -0.15) is 0 Å². The number of hydrogen-bond donors (Lipinski definition) is 1. The fourth-order valence-corrected chi connectivity index (χ4v) is 2.31. The molecule has 0 radical (unpaired) electrons. The first kappa shape index (κ1) is 16.9. The molecule has 122 valence electrons. The van der Waals surface area contributed by atoms with Crippen molar-refractivity contribution in [2.45, 2.75) is 32.9 Å². The Labute approximate surface area is 137 Å². The maximum Gasteiger partial charge on any atom is 0.261 e. The van der Waals surface area contributed by atoms with Gasteiger partial charge in [0, 0.05) is 5.56 Å². The van der Waals surface area contributed by atoms with Gasteiger partial charge in [0.25, 0.3) is 5.91 Å². The molecule has 2 aromatic carbocycles. The third kappa shape index (κ3) is 4.49. The van der Waals surface area contributed by atoms with E-state index in [9.17, 15) is 4.79 Å². The van der Waals surface area contributed by atoms with E-state index in [0.717, 1.165) is 16.9 Å². The van der Waals surface area contributed by atoms with Gasteiger partial charge >= 0.3 is 0 Å². The minimum absolute atomic E-state index is 0.163. The molecule has 23 heavy (non-hydrogen) atoms. The van der Waals surface area contributed by atoms with Crippen molar-refractivity contribution in [3.63, 3.8) is 0 Å². The fourth-order valence-electron chi connectivity index (χ4n) is 2.31. The number of carbonyl (C=O) groups excluding carboxylic acids is 1. The van der Waals surface area contributed by atoms with Crippen molar-refractivity contribution in [2.24, 2.45) is 0 Å². The minimum Gasteiger partial charge on any atom is -0.496 e. The molecule has 0 aliphatic heterocycles. The summed E-state index contributed by atoms with van der Waals surface area (Å²) < 4.78 is 11.0. The second kappa shape index (κ2) is 7.68. The Balaban J connectivity index is 1.98. The number of hydrogen-bond acceptors (Lipinski definition) is 3. The second-order valence-electron chi connectivity index (χ2n) is 5.55. The van der Waals surface area contributed by atoms with E-state index in [1.54, 1.807) is 14.0 Å². The van der Waals surface area contributed by atoms with Crippen LogP contribution in [0.5, 0.6) is 11.5 Å². The molecule has 0 aliphatic rings. The molecular formula is C19H23NO3. The highest BCUT2D eigenvalue weighted by Crippen LogP contribution is 2.24. The monoisotopic (exact) mass is 313 g/mol. The molecule has 4 nitrogen and oxygen atoms in total. The summed E-state index contributed by atoms with van der Waals surface area (Å²) in [5.74, 6) is 1.28. The van der Waals surface area contributed by atoms with Crippen LogP contribution in [-0.2, 0) is 4.79 Å². The molecule has 2 atom stereocenters. The van der Waals surface area contributed by atoms with Gasteiger partial charge in [-0.25, -0.2) is 0 Å². The van der Waals surface area contributed by atoms with Crippen LogP contribution < -0.4 is 14.8 Å². The molecule has 0 unspecified atom stereocenters. The van der Waals surface area contributed by atoms with Gasteiger partial charge in [0.15, 0.2) is 6.10 Å². The predicted octanol–water partition coefficient (Wildman–Crippen LogP) is 3.65. The highest BCUT2D eigenvalue weighted by Gasteiger charge is 2.19. The first-order valence-electron chi connectivity index (χ1n) is 7.68. The molecule has 2 rings (SSSR count). The number of carbonyl (C=O) groups is 1. The maximum atomic E-state index is 12.3. The number of rotatable bonds is 6. The number of para-hydroxylation sites is 1. The lowest BCUT2D eigenvalue weighted by molar-refractivity contribution is -0.127. The number of aryl methyl sites for hydroxylation is 1. The van der Waals surface area contributed by atoms with E-state index in [0.29, 0.717) is 5.75 Å². The molecule has 0 saturated heterocycles. The van der Waals surface area contributed by atoms with Gasteiger partial charge in [0.1, 0.15) is 11.5 Å². The Kier molecular flexibility index (Phi) is 5.63. The molecule has 0 bridgehead atoms. The zero-order chi connectivity index (χ0) is 16.8. The highest BCUT2D eigenvalue weighted by atomic mass is 16.5. The Morgan fingerprint density at radius 1 is 1.04 bits per heavy atom. The Morgan fingerprint density at radius 3 is 2.35 bits per heavy atom. The fraction of sp³-hybridized carbons (Fsp3) is 0.316. The standard InChI is InChI=1S/C19H23NO3/c1-13-9-11-16(12-10-13)23-15(3)19(21)20-14(2)17-7-5-6-8-18(17)22-4/h5-12,14-15H,1-4H3,(H,20,21)/t14-,15+/m1/s1. The molecule has 2 aromatic rings. The van der Waals surface area contributed by atoms with E-state index in [1.165, 1.54) is 0 Å². The summed E-state index contributed by atoms with van der Waals surface area (Å²) in [7, 11) is 1.62. The molecule has 1 amide bonds. The summed E-state index contributed by atoms with van der Waals surface area (Å²) in [4.78, 5) is 12.3. The zero-order valence-electron chi connectivity index (χ0n) is 14.0. The molecule has 0 aliphatic carbocycles. The molecule has 1 N–H and O–H groups in total. The van der Waals surface area contributed by atoms with E-state index in [-0.39, 0.29) is 11.9 Å². The molecule has 4 heteroatoms. The smallest absolute Gasteiger partial charge is 0.261 e. The number of ether oxygens (including phenoxy) is 2. The van der Waals surface area contributed by atoms with Crippen molar-refractivity contribution in [1.82, 2.24) is 5.32 Å². The van der Waals surface area contributed by atoms with Crippen LogP contribution in [-0.4, -0.2) is 19.1 Å². The average Bonchev–Trinajstić information content (AvgIpc) is 2.56. The van der Waals surface area contributed by atoms with E-state index in [2.05, 4.69) is 5.32 Å². The quantitative estimate of drug-likeness (QED) is 0.885. The normalized spacial score (nSPS) is 13.0. The van der Waals surface area contributed by atoms with Gasteiger partial charge in [0.2, 0.25) is 0 Å². The van der Waals surface area contributed by atoms with Crippen LogP contribution >= 0.6 is 0 Å². The maximum absolute atomic E-state index is 12.3. The number of benzene rings is 2. The lowest BCUT2D eigenvalue weighted by Crippen LogP contribution is -2.37. The molecule has 0 heterocycles. The molecule has 0 saturated carbocycles. The zero-order valence-corrected chi connectivity index (χ0v) is 14.0. The summed E-state index contributed by atoms with van der Waals surface area (Å²) in [6, 6.07) is 15.1. The van der Waals surface area contributed by atoms with Crippen molar-refractivity contribution < 1.29 is 14.3 Å². The van der Waals surface area contributed by atoms with Crippen molar-refractivity contribution in [3.8, 4) is 11.5 Å². The van der Waals surface area contributed by atoms with Crippen LogP contribution in [0.25, 0.3) is 0 Å². The topological polar surface area (TPSA) is 47.6 Å². The highest BCUT2D eigenvalue weighted by molar-refractivity contribution is 5.81. The summed E-state index contributed by atoms with van der Waals surface area (Å²) in [6.45, 7) is 5.67. The van der Waals surface area contributed by atoms with Crippen LogP contribution in [0.4, 0.5) is 0 Å². The largest absolute Gasteiger partial charge is 0.496 e. The molecular weight excluding hydrogens is 290 g/mol. The van der Waals surface area contributed by atoms with Crippen LogP contribution in [0.3, 0.4) is 0 Å². The van der Waals surface area contributed by atoms with Gasteiger partial charge in [0.05, 0.1) is 13.2 Å². The van der Waals surface area contributed by atoms with Crippen LogP contribution in [0.2, 0.25) is 0 Å². The third-order valence-corrected chi connectivity index (χ3v) is 3.67. The van der Waals surface area contributed by atoms with Crippen LogP contribution in [0, 0.1) is 6.92 Å². The average molecular weight is 313 g/mol. The first-order chi connectivity index (χ1) is 11.0. The number of methoxy groups -OCH3 is 1. The first-order valence-corrected chi connectivity index (χ1v) is 7.68. The number of amides is 1. The lowest BCUT2D eigenvalue weighted by atomic mass is 10.1. The Morgan fingerprint density at radius 2 is 1.70 bits per heavy atom. The third-order valence-electron chi connectivity index (χ3n) is 3.67.